The van der Waals surface area contributed by atoms with E-state index in [0.29, 0.717) is 0 Å². The third kappa shape index (κ3) is 346. The quantitative estimate of drug-likeness (QED) is 0.350. The van der Waals surface area contributed by atoms with Crippen LogP contribution in [0.5, 0.6) is 0 Å². The van der Waals surface area contributed by atoms with Crippen molar-refractivity contribution in [3.63, 3.8) is 0 Å². The summed E-state index contributed by atoms with van der Waals surface area (Å²) in [6.07, 6.45) is 0. The van der Waals surface area contributed by atoms with Gasteiger partial charge in [0.15, 0.2) is 0 Å². The Balaban J connectivity index is -0.0000000257. The zero-order valence-corrected chi connectivity index (χ0v) is 8.18. The van der Waals surface area contributed by atoms with Crippen LogP contribution in [0.2, 0.25) is 0 Å². The van der Waals surface area contributed by atoms with Crippen molar-refractivity contribution in [2.24, 2.45) is 16.0 Å². The second-order valence-corrected chi connectivity index (χ2v) is 0.224. The molecule has 0 atom stereocenters. The first-order valence-corrected chi connectivity index (χ1v) is 1.10. The number of hydrogen-bond acceptors (Lipinski definition) is 9. The van der Waals surface area contributed by atoms with Crippen LogP contribution in [0, 0.1) is 30.3 Å². The molecule has 0 saturated heterocycles. The fourth-order valence-electron chi connectivity index (χ4n) is 0. The Kier molecular flexibility index (Phi) is 210. The maximum Gasteiger partial charge on any atom is 0 e. The first kappa shape index (κ1) is 22.9. The normalized spacial score (nSPS) is 3.60. The molecule has 0 N–H and O–H groups in total. The third-order valence-electron chi connectivity index (χ3n) is 0. The summed E-state index contributed by atoms with van der Waals surface area (Å²) in [6, 6.07) is 0. The molecule has 0 aromatic rings. The van der Waals surface area contributed by atoms with Gasteiger partial charge in [0.2, 0.25) is 0 Å². The van der Waals surface area contributed by atoms with Gasteiger partial charge in [0, 0.05) is 27.3 Å². The maximum atomic E-state index is 8.00. The van der Waals surface area contributed by atoms with Crippen LogP contribution in [0.4, 0.5) is 0 Å². The van der Waals surface area contributed by atoms with E-state index >= 15 is 0 Å². The summed E-state index contributed by atoms with van der Waals surface area (Å²) in [5, 5.41) is 27.0. The fraction of sp³-hybridized carbons (Fsp3) is 0. The van der Waals surface area contributed by atoms with E-state index in [4.69, 9.17) is 30.3 Å². The van der Waals surface area contributed by atoms with E-state index in [1.165, 1.54) is 0 Å². The van der Waals surface area contributed by atoms with Crippen molar-refractivity contribution in [3.05, 3.63) is 30.3 Å². The van der Waals surface area contributed by atoms with Crippen molar-refractivity contribution in [2.75, 3.05) is 0 Å². The molecule has 0 bridgehead atoms. The van der Waals surface area contributed by atoms with Crippen LogP contribution in [0.25, 0.3) is 0 Å². The Morgan fingerprint density at radius 1 is 0.700 bits per heavy atom. The van der Waals surface area contributed by atoms with Crippen LogP contribution >= 0.6 is 0 Å². The molecular weight excluding hydrogens is 345 g/mol. The summed E-state index contributed by atoms with van der Waals surface area (Å²) in [6.45, 7) is 0. The Hall–Kier alpha value is -0.878. The van der Waals surface area contributed by atoms with E-state index in [9.17, 15) is 0 Å². The topological polar surface area (TPSA) is 157 Å². The second kappa shape index (κ2) is 91.5. The van der Waals surface area contributed by atoms with Gasteiger partial charge in [-0.05, 0) is 0 Å². The molecular formula is N3O6Pb-3. The largest absolute Gasteiger partial charge is 0.444 e. The Bertz CT molecular complexity index is 49.7. The zero-order valence-electron chi connectivity index (χ0n) is 4.29. The van der Waals surface area contributed by atoms with Crippen LogP contribution < -0.4 is 0 Å². The fourth-order valence-corrected chi connectivity index (χ4v) is 0. The Morgan fingerprint density at radius 3 is 0.700 bits per heavy atom. The maximum absolute atomic E-state index is 8.00. The van der Waals surface area contributed by atoms with E-state index in [2.05, 4.69) is 0 Å². The molecule has 0 aliphatic rings. The molecule has 0 heterocycles. The van der Waals surface area contributed by atoms with Crippen molar-refractivity contribution in [1.29, 1.82) is 0 Å². The van der Waals surface area contributed by atoms with Crippen LogP contribution in [-0.4, -0.2) is 27.3 Å². The first-order chi connectivity index (χ1) is 4.24. The second-order valence-electron chi connectivity index (χ2n) is 0.224. The molecule has 0 aromatic heterocycles. The van der Waals surface area contributed by atoms with Gasteiger partial charge >= 0.3 is 0 Å². The minimum Gasteiger partial charge on any atom is -0.444 e. The van der Waals surface area contributed by atoms with E-state index in [0.717, 1.165) is 16.0 Å². The summed E-state index contributed by atoms with van der Waals surface area (Å²) in [4.78, 5) is 24.0. The van der Waals surface area contributed by atoms with Crippen molar-refractivity contribution in [2.45, 2.75) is 0 Å². The number of rotatable bonds is 0. The minimum absolute atomic E-state index is 0. The minimum atomic E-state index is 0. The Morgan fingerprint density at radius 2 is 0.700 bits per heavy atom. The summed E-state index contributed by atoms with van der Waals surface area (Å²) in [7, 11) is 0. The SMILES string of the molecule is O=N[O-].O=N[O-].O=N[O-].[Pb]. The van der Waals surface area contributed by atoms with E-state index in [1.807, 2.05) is 0 Å². The van der Waals surface area contributed by atoms with Crippen LogP contribution in [0.15, 0.2) is 16.0 Å². The molecule has 9 nitrogen and oxygen atoms in total. The average Bonchev–Trinajstić information content (AvgIpc) is 1.70. The molecule has 0 fully saturated rings. The van der Waals surface area contributed by atoms with Gasteiger partial charge < -0.3 is 30.3 Å². The van der Waals surface area contributed by atoms with Crippen molar-refractivity contribution in [1.82, 2.24) is 0 Å². The van der Waals surface area contributed by atoms with Gasteiger partial charge in [-0.3, -0.25) is 0 Å². The first-order valence-electron chi connectivity index (χ1n) is 1.10. The van der Waals surface area contributed by atoms with Crippen molar-refractivity contribution >= 4 is 27.3 Å². The van der Waals surface area contributed by atoms with Gasteiger partial charge in [-0.15, -0.1) is 16.0 Å². The number of nitrogens with zero attached hydrogens (tertiary/aromatic N) is 3. The predicted molar refractivity (Wildman–Crippen MR) is 33.2 cm³/mol. The van der Waals surface area contributed by atoms with Crippen LogP contribution in [-0.2, 0) is 0 Å². The molecule has 0 aliphatic heterocycles. The zero-order chi connectivity index (χ0) is 8.12. The van der Waals surface area contributed by atoms with E-state index < -0.39 is 0 Å². The van der Waals surface area contributed by atoms with Crippen LogP contribution in [0.1, 0.15) is 0 Å². The standard InChI is InChI=1S/3HNO2.Pb/c3*2-1-3;/h3*(H,2,3);/p-3. The third-order valence-corrected chi connectivity index (χ3v) is 0. The average molecular weight is 345 g/mol. The van der Waals surface area contributed by atoms with Gasteiger partial charge in [-0.1, -0.05) is 0 Å². The predicted octanol–water partition coefficient (Wildman–Crippen LogP) is 0.371. The van der Waals surface area contributed by atoms with Gasteiger partial charge in [-0.2, -0.15) is 0 Å². The molecule has 0 saturated carbocycles. The molecule has 0 unspecified atom stereocenters. The molecule has 58 valence electrons. The Labute approximate surface area is 74.0 Å². The number of hydrogen-bond donors (Lipinski definition) is 0. The summed E-state index contributed by atoms with van der Waals surface area (Å²) < 4.78 is 0. The molecule has 0 aromatic carbocycles. The summed E-state index contributed by atoms with van der Waals surface area (Å²) >= 11 is 0. The molecule has 4 radical (unpaired) electrons. The van der Waals surface area contributed by atoms with Crippen molar-refractivity contribution in [3.8, 4) is 0 Å². The summed E-state index contributed by atoms with van der Waals surface area (Å²) in [5.41, 5.74) is 0. The molecule has 0 rings (SSSR count). The van der Waals surface area contributed by atoms with Crippen molar-refractivity contribution < 1.29 is 0 Å². The van der Waals surface area contributed by atoms with Gasteiger partial charge in [0.1, 0.15) is 0 Å². The molecule has 10 heteroatoms. The van der Waals surface area contributed by atoms with Gasteiger partial charge in [-0.25, -0.2) is 0 Å². The van der Waals surface area contributed by atoms with E-state index in [1.54, 1.807) is 0 Å². The smallest absolute Gasteiger partial charge is 0 e. The van der Waals surface area contributed by atoms with E-state index in [-0.39, 0.29) is 27.3 Å². The molecule has 0 aliphatic carbocycles. The summed E-state index contributed by atoms with van der Waals surface area (Å²) in [5.74, 6) is 0. The molecule has 0 spiro atoms. The van der Waals surface area contributed by atoms with Gasteiger partial charge in [0.25, 0.3) is 0 Å². The monoisotopic (exact) mass is 346 g/mol. The molecule has 10 heavy (non-hydrogen) atoms. The van der Waals surface area contributed by atoms with Crippen LogP contribution in [0.3, 0.4) is 0 Å². The molecule has 0 amide bonds. The van der Waals surface area contributed by atoms with Gasteiger partial charge in [0.05, 0.1) is 0 Å².